The molecule has 1 aromatic heterocycles. The van der Waals surface area contributed by atoms with Gasteiger partial charge in [-0.1, -0.05) is 12.1 Å². The van der Waals surface area contributed by atoms with Crippen LogP contribution in [0.15, 0.2) is 47.4 Å². The maximum Gasteiger partial charge on any atom is 0.194 e. The highest BCUT2D eigenvalue weighted by Gasteiger charge is 2.56. The summed E-state index contributed by atoms with van der Waals surface area (Å²) in [5.74, 6) is -0.885. The number of allylic oxidation sites excluding steroid dienone is 4. The molecule has 10 heteroatoms. The predicted octanol–water partition coefficient (Wildman–Crippen LogP) is 4.54. The minimum atomic E-state index is -1.57. The third-order valence-electron chi connectivity index (χ3n) is 7.89. The number of aromatic hydroxyl groups is 2. The number of aryl methyl sites for hydroxylation is 1. The lowest BCUT2D eigenvalue weighted by molar-refractivity contribution is -0.123. The van der Waals surface area contributed by atoms with Gasteiger partial charge in [0.25, 0.3) is 0 Å². The Morgan fingerprint density at radius 3 is 2.55 bits per heavy atom. The van der Waals surface area contributed by atoms with E-state index in [1.807, 2.05) is 42.1 Å². The fraction of sp³-hybridized carbons (Fsp3) is 0.333. The van der Waals surface area contributed by atoms with Crippen LogP contribution in [0, 0.1) is 6.92 Å². The fourth-order valence-corrected chi connectivity index (χ4v) is 6.14. The second-order valence-corrected chi connectivity index (χ2v) is 11.4. The topological polar surface area (TPSA) is 131 Å². The van der Waals surface area contributed by atoms with Gasteiger partial charge in [-0.2, -0.15) is 11.8 Å². The molecule has 40 heavy (non-hydrogen) atoms. The van der Waals surface area contributed by atoms with Gasteiger partial charge in [0.15, 0.2) is 17.3 Å². The molecule has 1 aliphatic heterocycles. The average molecular weight is 562 g/mol. The average Bonchev–Trinajstić information content (AvgIpc) is 3.39. The van der Waals surface area contributed by atoms with Crippen molar-refractivity contribution in [3.8, 4) is 17.2 Å². The van der Waals surface area contributed by atoms with E-state index in [0.717, 1.165) is 22.6 Å². The molecule has 0 radical (unpaired) electrons. The monoisotopic (exact) mass is 561 g/mol. The van der Waals surface area contributed by atoms with E-state index in [9.17, 15) is 24.6 Å². The number of imidazole rings is 1. The van der Waals surface area contributed by atoms with Crippen molar-refractivity contribution in [3.05, 3.63) is 69.9 Å². The Labute approximate surface area is 235 Å². The number of nitrogens with zero attached hydrogens (tertiary/aromatic N) is 2. The van der Waals surface area contributed by atoms with E-state index >= 15 is 0 Å². The van der Waals surface area contributed by atoms with E-state index in [1.165, 1.54) is 19.9 Å². The first-order chi connectivity index (χ1) is 18.9. The summed E-state index contributed by atoms with van der Waals surface area (Å²) in [5.41, 5.74) is 0.544. The number of ether oxygens (including phenoxy) is 1. The number of nitrogens with one attached hydrogen (secondary N) is 1. The molecule has 2 aliphatic rings. The standard InChI is InChI=1S/C30H31N3O6S/c1-14-25(36)23(16(3)34)27-24(26(14)37)30(4)21(39-27)13-20(35)22(28(30)38)15(2)31-18(11-12-40-6)29-32-17-9-7-8-10-19(17)33(29)5/h7-10,13,18,31,36-37H,11-12H2,1-6H3/b22-15+/t18-,30-/m1/s1. The van der Waals surface area contributed by atoms with Gasteiger partial charge in [-0.3, -0.25) is 14.4 Å². The maximum absolute atomic E-state index is 14.2. The Morgan fingerprint density at radius 2 is 1.90 bits per heavy atom. The van der Waals surface area contributed by atoms with Gasteiger partial charge >= 0.3 is 0 Å². The van der Waals surface area contributed by atoms with Crippen molar-refractivity contribution in [1.29, 1.82) is 0 Å². The number of aromatic nitrogens is 2. The Hall–Kier alpha value is -4.05. The molecule has 3 aromatic rings. The lowest BCUT2D eigenvalue weighted by atomic mass is 9.70. The molecule has 208 valence electrons. The number of benzene rings is 2. The van der Waals surface area contributed by atoms with Gasteiger partial charge in [-0.25, -0.2) is 4.98 Å². The minimum absolute atomic E-state index is 0.00568. The van der Waals surface area contributed by atoms with Crippen LogP contribution in [0.5, 0.6) is 17.2 Å². The summed E-state index contributed by atoms with van der Waals surface area (Å²) < 4.78 is 7.87. The van der Waals surface area contributed by atoms with Crippen LogP contribution < -0.4 is 10.1 Å². The van der Waals surface area contributed by atoms with Gasteiger partial charge in [0.2, 0.25) is 0 Å². The minimum Gasteiger partial charge on any atom is -0.507 e. The molecule has 0 unspecified atom stereocenters. The van der Waals surface area contributed by atoms with Crippen molar-refractivity contribution >= 4 is 40.1 Å². The van der Waals surface area contributed by atoms with Crippen LogP contribution >= 0.6 is 11.8 Å². The summed E-state index contributed by atoms with van der Waals surface area (Å²) in [7, 11) is 1.94. The first-order valence-electron chi connectivity index (χ1n) is 12.9. The van der Waals surface area contributed by atoms with E-state index in [1.54, 1.807) is 25.6 Å². The lowest BCUT2D eigenvalue weighted by Crippen LogP contribution is -2.41. The number of ketones is 3. The molecule has 0 amide bonds. The smallest absolute Gasteiger partial charge is 0.194 e. The summed E-state index contributed by atoms with van der Waals surface area (Å²) in [4.78, 5) is 44.8. The molecule has 2 atom stereocenters. The molecule has 2 heterocycles. The van der Waals surface area contributed by atoms with E-state index in [2.05, 4.69) is 5.32 Å². The van der Waals surface area contributed by atoms with Crippen molar-refractivity contribution in [2.24, 2.45) is 7.05 Å². The normalized spacial score (nSPS) is 20.1. The third-order valence-corrected chi connectivity index (χ3v) is 8.54. The highest BCUT2D eigenvalue weighted by molar-refractivity contribution is 7.98. The number of fused-ring (bicyclic) bond motifs is 4. The van der Waals surface area contributed by atoms with Crippen LogP contribution in [0.4, 0.5) is 0 Å². The van der Waals surface area contributed by atoms with Crippen LogP contribution in [0.2, 0.25) is 0 Å². The van der Waals surface area contributed by atoms with E-state index < -0.39 is 28.5 Å². The molecule has 5 rings (SSSR count). The Morgan fingerprint density at radius 1 is 1.20 bits per heavy atom. The number of phenols is 2. The first-order valence-corrected chi connectivity index (χ1v) is 14.3. The van der Waals surface area contributed by atoms with Crippen LogP contribution in [-0.2, 0) is 22.1 Å². The second kappa shape index (κ2) is 9.85. The first kappa shape index (κ1) is 27.5. The molecular formula is C30H31N3O6S. The van der Waals surface area contributed by atoms with Gasteiger partial charge in [0, 0.05) is 24.4 Å². The molecule has 9 nitrogen and oxygen atoms in total. The number of phenolic OH excluding ortho intramolecular Hbond substituents is 2. The molecule has 0 saturated heterocycles. The molecule has 0 saturated carbocycles. The highest BCUT2D eigenvalue weighted by Crippen LogP contribution is 2.57. The van der Waals surface area contributed by atoms with E-state index in [0.29, 0.717) is 12.1 Å². The van der Waals surface area contributed by atoms with Crippen molar-refractivity contribution in [2.45, 2.75) is 45.6 Å². The summed E-state index contributed by atoms with van der Waals surface area (Å²) in [5, 5.41) is 25.0. The summed E-state index contributed by atoms with van der Waals surface area (Å²) in [6.07, 6.45) is 3.93. The van der Waals surface area contributed by atoms with Crippen LogP contribution in [0.1, 0.15) is 60.5 Å². The number of Topliss-reactive ketones (excluding diaryl/α,β-unsaturated/α-hetero) is 2. The molecule has 0 spiro atoms. The fourth-order valence-electron chi connectivity index (χ4n) is 5.67. The van der Waals surface area contributed by atoms with Crippen LogP contribution in [0.25, 0.3) is 11.0 Å². The summed E-state index contributed by atoms with van der Waals surface area (Å²) >= 11 is 1.68. The molecule has 2 aromatic carbocycles. The van der Waals surface area contributed by atoms with Gasteiger partial charge < -0.3 is 24.8 Å². The van der Waals surface area contributed by atoms with E-state index in [-0.39, 0.29) is 45.6 Å². The number of hydrogen-bond acceptors (Lipinski definition) is 9. The number of thioether (sulfide) groups is 1. The summed E-state index contributed by atoms with van der Waals surface area (Å²) in [6, 6.07) is 7.52. The van der Waals surface area contributed by atoms with Gasteiger partial charge in [0.05, 0.1) is 28.2 Å². The predicted molar refractivity (Wildman–Crippen MR) is 153 cm³/mol. The van der Waals surface area contributed by atoms with Crippen molar-refractivity contribution in [3.63, 3.8) is 0 Å². The largest absolute Gasteiger partial charge is 0.507 e. The second-order valence-electron chi connectivity index (χ2n) is 10.4. The Balaban J connectivity index is 1.62. The molecular weight excluding hydrogens is 530 g/mol. The van der Waals surface area contributed by atoms with Crippen LogP contribution in [-0.4, -0.2) is 49.1 Å². The zero-order valence-electron chi connectivity index (χ0n) is 23.2. The highest BCUT2D eigenvalue weighted by atomic mass is 32.2. The number of carbonyl (C=O) groups is 3. The number of carbonyl (C=O) groups excluding carboxylic acids is 3. The van der Waals surface area contributed by atoms with Crippen molar-refractivity contribution in [1.82, 2.24) is 14.9 Å². The number of rotatable bonds is 7. The number of hydrogen-bond donors (Lipinski definition) is 3. The molecule has 3 N–H and O–H groups in total. The van der Waals surface area contributed by atoms with E-state index in [4.69, 9.17) is 9.72 Å². The SMILES string of the molecule is CSCC[C@@H](N/C(C)=C1\C(=O)C=C2Oc3c(C(C)=O)c(O)c(C)c(O)c3[C@]2(C)C1=O)c1nc2ccccc2n1C. The van der Waals surface area contributed by atoms with Crippen molar-refractivity contribution in [2.75, 3.05) is 12.0 Å². The maximum atomic E-state index is 14.2. The Kier molecular flexibility index (Phi) is 6.78. The van der Waals surface area contributed by atoms with Gasteiger partial charge in [-0.15, -0.1) is 0 Å². The van der Waals surface area contributed by atoms with Crippen LogP contribution in [0.3, 0.4) is 0 Å². The summed E-state index contributed by atoms with van der Waals surface area (Å²) in [6.45, 7) is 5.96. The zero-order valence-corrected chi connectivity index (χ0v) is 24.0. The Bertz CT molecular complexity index is 1680. The quantitative estimate of drug-likeness (QED) is 0.216. The molecule has 1 aliphatic carbocycles. The zero-order chi connectivity index (χ0) is 29.1. The molecule has 0 bridgehead atoms. The lowest BCUT2D eigenvalue weighted by Gasteiger charge is -2.30. The van der Waals surface area contributed by atoms with Gasteiger partial charge in [0.1, 0.15) is 39.8 Å². The number of para-hydroxylation sites is 2. The van der Waals surface area contributed by atoms with Gasteiger partial charge in [-0.05, 0) is 58.3 Å². The third kappa shape index (κ3) is 3.92. The van der Waals surface area contributed by atoms with Crippen molar-refractivity contribution < 1.29 is 29.3 Å². The molecule has 0 fully saturated rings.